The number of amides is 1. The highest BCUT2D eigenvalue weighted by molar-refractivity contribution is 6.24. The van der Waals surface area contributed by atoms with Crippen molar-refractivity contribution in [2.24, 2.45) is 0 Å². The number of nitrogens with zero attached hydrogens (tertiary/aromatic N) is 1. The van der Waals surface area contributed by atoms with E-state index in [9.17, 15) is 19.5 Å². The minimum absolute atomic E-state index is 0.0624. The van der Waals surface area contributed by atoms with Crippen LogP contribution in [0, 0.1) is 0 Å². The first-order valence-corrected chi connectivity index (χ1v) is 9.82. The van der Waals surface area contributed by atoms with Crippen molar-refractivity contribution < 1.29 is 33.7 Å². The zero-order valence-electron chi connectivity index (χ0n) is 18.2. The summed E-state index contributed by atoms with van der Waals surface area (Å²) in [5.41, 5.74) is 1.61. The molecule has 1 amide bonds. The Balaban J connectivity index is 2.08. The molecule has 32 heavy (non-hydrogen) atoms. The third-order valence-electron chi connectivity index (χ3n) is 4.98. The Hall–Kier alpha value is -4.07. The summed E-state index contributed by atoms with van der Waals surface area (Å²) in [6.45, 7) is 3.59. The summed E-state index contributed by atoms with van der Waals surface area (Å²) in [5, 5.41) is 10.4. The van der Waals surface area contributed by atoms with Crippen molar-refractivity contribution in [3.05, 3.63) is 70.4 Å². The first kappa shape index (κ1) is 22.6. The van der Waals surface area contributed by atoms with E-state index in [2.05, 4.69) is 0 Å². The van der Waals surface area contributed by atoms with Crippen LogP contribution < -0.4 is 9.64 Å². The molecule has 0 saturated heterocycles. The van der Waals surface area contributed by atoms with Crippen LogP contribution in [0.25, 0.3) is 6.08 Å². The molecule has 0 spiro atoms. The second-order valence-electron chi connectivity index (χ2n) is 6.82. The van der Waals surface area contributed by atoms with Crippen LogP contribution in [0.15, 0.2) is 59.3 Å². The third-order valence-corrected chi connectivity index (χ3v) is 4.98. The maximum atomic E-state index is 13.3. The maximum absolute atomic E-state index is 13.3. The van der Waals surface area contributed by atoms with Crippen molar-refractivity contribution in [2.45, 2.75) is 13.8 Å². The normalized spacial score (nSPS) is 14.7. The number of allylic oxidation sites excluding steroid dienone is 1. The monoisotopic (exact) mass is 437 g/mol. The molecule has 0 aromatic heterocycles. The molecule has 2 aromatic carbocycles. The molecule has 0 bridgehead atoms. The highest BCUT2D eigenvalue weighted by atomic mass is 16.5. The summed E-state index contributed by atoms with van der Waals surface area (Å²) in [4.78, 5) is 39.1. The van der Waals surface area contributed by atoms with Crippen molar-refractivity contribution >= 4 is 29.6 Å². The summed E-state index contributed by atoms with van der Waals surface area (Å²) >= 11 is 0. The van der Waals surface area contributed by atoms with E-state index < -0.39 is 17.8 Å². The fourth-order valence-electron chi connectivity index (χ4n) is 3.43. The largest absolute Gasteiger partial charge is 0.504 e. The topological polar surface area (TPSA) is 102 Å². The second-order valence-corrected chi connectivity index (χ2v) is 6.82. The van der Waals surface area contributed by atoms with E-state index in [0.29, 0.717) is 22.5 Å². The molecule has 0 aliphatic carbocycles. The van der Waals surface area contributed by atoms with Gasteiger partial charge >= 0.3 is 11.9 Å². The zero-order chi connectivity index (χ0) is 23.4. The number of benzene rings is 2. The summed E-state index contributed by atoms with van der Waals surface area (Å²) in [6, 6.07) is 11.1. The van der Waals surface area contributed by atoms with E-state index in [1.165, 1.54) is 25.2 Å². The lowest BCUT2D eigenvalue weighted by Gasteiger charge is -2.18. The highest BCUT2D eigenvalue weighted by Crippen LogP contribution is 2.38. The first-order chi connectivity index (χ1) is 15.3. The van der Waals surface area contributed by atoms with Gasteiger partial charge in [0.2, 0.25) is 0 Å². The summed E-state index contributed by atoms with van der Waals surface area (Å²) < 4.78 is 15.0. The van der Waals surface area contributed by atoms with E-state index in [4.69, 9.17) is 14.2 Å². The van der Waals surface area contributed by atoms with Gasteiger partial charge in [-0.2, -0.15) is 0 Å². The number of phenolic OH excluding ortho intramolecular Hbond substituents is 1. The van der Waals surface area contributed by atoms with Crippen LogP contribution in [0.5, 0.6) is 11.5 Å². The van der Waals surface area contributed by atoms with Crippen LogP contribution in [0.4, 0.5) is 5.69 Å². The number of hydrogen-bond acceptors (Lipinski definition) is 7. The van der Waals surface area contributed by atoms with Crippen molar-refractivity contribution in [3.63, 3.8) is 0 Å². The molecule has 1 aliphatic heterocycles. The Labute approximate surface area is 185 Å². The van der Waals surface area contributed by atoms with Crippen LogP contribution in [0.2, 0.25) is 0 Å². The zero-order valence-corrected chi connectivity index (χ0v) is 18.2. The van der Waals surface area contributed by atoms with Crippen molar-refractivity contribution in [1.82, 2.24) is 0 Å². The fraction of sp³-hybridized carbons (Fsp3) is 0.208. The van der Waals surface area contributed by atoms with E-state index in [0.717, 1.165) is 0 Å². The van der Waals surface area contributed by atoms with Gasteiger partial charge in [0.05, 0.1) is 37.5 Å². The quantitative estimate of drug-likeness (QED) is 0.545. The lowest BCUT2D eigenvalue weighted by atomic mass is 10.0. The number of ether oxygens (including phenoxy) is 3. The van der Waals surface area contributed by atoms with Gasteiger partial charge in [-0.15, -0.1) is 0 Å². The number of para-hydroxylation sites is 1. The molecule has 1 heterocycles. The Bertz CT molecular complexity index is 1130. The number of anilines is 1. The molecule has 0 unspecified atom stereocenters. The molecule has 166 valence electrons. The minimum atomic E-state index is -0.685. The Morgan fingerprint density at radius 3 is 2.34 bits per heavy atom. The van der Waals surface area contributed by atoms with Crippen molar-refractivity contribution in [2.75, 3.05) is 25.7 Å². The van der Waals surface area contributed by atoms with Gasteiger partial charge in [-0.1, -0.05) is 12.1 Å². The van der Waals surface area contributed by atoms with Gasteiger partial charge in [0, 0.05) is 16.9 Å². The van der Waals surface area contributed by atoms with E-state index in [-0.39, 0.29) is 29.3 Å². The number of hydrogen-bond donors (Lipinski definition) is 1. The molecule has 8 nitrogen and oxygen atoms in total. The third kappa shape index (κ3) is 4.07. The molecular weight excluding hydrogens is 414 g/mol. The highest BCUT2D eigenvalue weighted by Gasteiger charge is 2.38. The van der Waals surface area contributed by atoms with Gasteiger partial charge in [-0.05, 0) is 50.3 Å². The van der Waals surface area contributed by atoms with Gasteiger partial charge in [0.25, 0.3) is 5.91 Å². The number of rotatable bonds is 6. The molecule has 0 radical (unpaired) electrons. The van der Waals surface area contributed by atoms with Crippen LogP contribution in [-0.2, 0) is 19.1 Å². The average molecular weight is 437 g/mol. The van der Waals surface area contributed by atoms with Crippen LogP contribution >= 0.6 is 0 Å². The number of phenols is 1. The van der Waals surface area contributed by atoms with Gasteiger partial charge in [0.15, 0.2) is 11.5 Å². The summed E-state index contributed by atoms with van der Waals surface area (Å²) in [5.74, 6) is -1.56. The Kier molecular flexibility index (Phi) is 6.63. The van der Waals surface area contributed by atoms with E-state index in [1.807, 2.05) is 0 Å². The van der Waals surface area contributed by atoms with E-state index >= 15 is 0 Å². The Morgan fingerprint density at radius 1 is 1.06 bits per heavy atom. The van der Waals surface area contributed by atoms with Crippen LogP contribution in [0.3, 0.4) is 0 Å². The number of carbonyl (C=O) groups is 3. The van der Waals surface area contributed by atoms with Gasteiger partial charge < -0.3 is 19.3 Å². The number of esters is 2. The molecule has 0 atom stereocenters. The molecular formula is C24H23NO7. The molecule has 3 rings (SSSR count). The first-order valence-electron chi connectivity index (χ1n) is 9.82. The lowest BCUT2D eigenvalue weighted by Crippen LogP contribution is -2.24. The average Bonchev–Trinajstić information content (AvgIpc) is 3.04. The minimum Gasteiger partial charge on any atom is -0.504 e. The van der Waals surface area contributed by atoms with Gasteiger partial charge in [-0.25, -0.2) is 9.59 Å². The molecule has 1 aliphatic rings. The predicted octanol–water partition coefficient (Wildman–Crippen LogP) is 3.45. The second kappa shape index (κ2) is 9.38. The summed E-state index contributed by atoms with van der Waals surface area (Å²) in [7, 11) is 2.64. The van der Waals surface area contributed by atoms with Crippen molar-refractivity contribution in [1.29, 1.82) is 0 Å². The van der Waals surface area contributed by atoms with E-state index in [1.54, 1.807) is 56.3 Å². The molecule has 0 saturated carbocycles. The fourth-order valence-corrected chi connectivity index (χ4v) is 3.43. The maximum Gasteiger partial charge on any atom is 0.340 e. The molecule has 1 N–H and O–H groups in total. The smallest absolute Gasteiger partial charge is 0.340 e. The molecule has 8 heteroatoms. The molecule has 2 aromatic rings. The standard InChI is InChI=1S/C24H23NO7/c1-5-32-23(28)15-9-11-17(12-10-15)25-14(2)20(24(29)31-4)18(22(25)27)13-16-7-6-8-19(30-3)21(16)26/h6-13,26H,5H2,1-4H3/b18-13-. The number of carbonyl (C=O) groups excluding carboxylic acids is 3. The van der Waals surface area contributed by atoms with Gasteiger partial charge in [-0.3, -0.25) is 9.69 Å². The summed E-state index contributed by atoms with van der Waals surface area (Å²) in [6.07, 6.45) is 1.42. The van der Waals surface area contributed by atoms with Crippen LogP contribution in [0.1, 0.15) is 29.8 Å². The van der Waals surface area contributed by atoms with Crippen LogP contribution in [-0.4, -0.2) is 43.8 Å². The van der Waals surface area contributed by atoms with Gasteiger partial charge in [0.1, 0.15) is 0 Å². The van der Waals surface area contributed by atoms with Crippen molar-refractivity contribution in [3.8, 4) is 11.5 Å². The number of aromatic hydroxyl groups is 1. The number of methoxy groups -OCH3 is 2. The predicted molar refractivity (Wildman–Crippen MR) is 117 cm³/mol. The Morgan fingerprint density at radius 2 is 1.75 bits per heavy atom. The lowest BCUT2D eigenvalue weighted by molar-refractivity contribution is -0.136. The molecule has 0 fully saturated rings. The SMILES string of the molecule is CCOC(=O)c1ccc(N2C(=O)/C(=C\c3cccc(OC)c3O)C(C(=O)OC)=C2C)cc1.